The van der Waals surface area contributed by atoms with Crippen LogP contribution in [-0.4, -0.2) is 10.7 Å². The Morgan fingerprint density at radius 3 is 2.52 bits per heavy atom. The van der Waals surface area contributed by atoms with Crippen LogP contribution in [0.5, 0.6) is 0 Å². The van der Waals surface area contributed by atoms with Crippen molar-refractivity contribution in [3.8, 4) is 11.3 Å². The summed E-state index contributed by atoms with van der Waals surface area (Å²) in [6.07, 6.45) is -2.20. The number of rotatable bonds is 4. The van der Waals surface area contributed by atoms with Crippen molar-refractivity contribution < 1.29 is 13.2 Å². The molecule has 0 saturated heterocycles. The Kier molecular flexibility index (Phi) is 5.88. The van der Waals surface area contributed by atoms with Crippen molar-refractivity contribution >= 4 is 23.0 Å². The highest BCUT2D eigenvalue weighted by Crippen LogP contribution is 2.46. The third-order valence-electron chi connectivity index (χ3n) is 4.34. The van der Waals surface area contributed by atoms with Crippen molar-refractivity contribution in [3.05, 3.63) is 46.6 Å². The molecule has 0 bridgehead atoms. The van der Waals surface area contributed by atoms with Gasteiger partial charge in [-0.1, -0.05) is 31.5 Å². The summed E-state index contributed by atoms with van der Waals surface area (Å²) in [6, 6.07) is 6.58. The van der Waals surface area contributed by atoms with E-state index in [0.29, 0.717) is 22.5 Å². The molecule has 0 amide bonds. The monoisotopic (exact) mass is 368 g/mol. The maximum atomic E-state index is 13.6. The lowest BCUT2D eigenvalue weighted by Gasteiger charge is -2.19. The van der Waals surface area contributed by atoms with Crippen LogP contribution in [0.15, 0.2) is 35.5 Å². The van der Waals surface area contributed by atoms with Crippen LogP contribution in [0, 0.1) is 12.8 Å². The maximum absolute atomic E-state index is 13.6. The minimum absolute atomic E-state index is 0.0813. The van der Waals surface area contributed by atoms with Gasteiger partial charge in [0.2, 0.25) is 0 Å². The van der Waals surface area contributed by atoms with Crippen LogP contribution in [0.4, 0.5) is 18.9 Å². The summed E-state index contributed by atoms with van der Waals surface area (Å²) in [4.78, 5) is 8.55. The molecule has 0 spiro atoms. The quantitative estimate of drug-likeness (QED) is 0.540. The molecule has 1 aromatic carbocycles. The second-order valence-electron chi connectivity index (χ2n) is 6.03. The lowest BCUT2D eigenvalue weighted by molar-refractivity contribution is -0.136. The molecule has 0 fully saturated rings. The fourth-order valence-electron chi connectivity index (χ4n) is 2.51. The fourth-order valence-corrected chi connectivity index (χ4v) is 2.82. The largest absolute Gasteiger partial charge is 0.419 e. The van der Waals surface area contributed by atoms with Gasteiger partial charge in [-0.25, -0.2) is 0 Å². The van der Waals surface area contributed by atoms with Crippen molar-refractivity contribution in [1.82, 2.24) is 4.98 Å². The first-order valence-corrected chi connectivity index (χ1v) is 8.41. The SMILES string of the molecule is CCC(C)/C(C)=N\c1c(C)c(-c2ccccn2)cc(Cl)c1C(F)(F)F. The van der Waals surface area contributed by atoms with E-state index in [2.05, 4.69) is 9.98 Å². The van der Waals surface area contributed by atoms with E-state index in [1.54, 1.807) is 38.2 Å². The van der Waals surface area contributed by atoms with Crippen LogP contribution in [0.3, 0.4) is 0 Å². The summed E-state index contributed by atoms with van der Waals surface area (Å²) in [5.74, 6) is 0.0813. The Morgan fingerprint density at radius 2 is 2.00 bits per heavy atom. The van der Waals surface area contributed by atoms with Crippen molar-refractivity contribution in [2.75, 3.05) is 0 Å². The highest BCUT2D eigenvalue weighted by molar-refractivity contribution is 6.32. The van der Waals surface area contributed by atoms with E-state index >= 15 is 0 Å². The van der Waals surface area contributed by atoms with Gasteiger partial charge in [0, 0.05) is 17.5 Å². The Morgan fingerprint density at radius 1 is 1.32 bits per heavy atom. The van der Waals surface area contributed by atoms with Gasteiger partial charge in [-0.2, -0.15) is 13.2 Å². The molecule has 6 heteroatoms. The molecule has 1 aromatic heterocycles. The van der Waals surface area contributed by atoms with Gasteiger partial charge in [0.1, 0.15) is 5.56 Å². The zero-order chi connectivity index (χ0) is 18.8. The van der Waals surface area contributed by atoms with Crippen molar-refractivity contribution in [2.45, 2.75) is 40.3 Å². The highest BCUT2D eigenvalue weighted by Gasteiger charge is 2.38. The van der Waals surface area contributed by atoms with Crippen molar-refractivity contribution in [1.29, 1.82) is 0 Å². The molecule has 2 rings (SSSR count). The Hall–Kier alpha value is -1.88. The summed E-state index contributed by atoms with van der Waals surface area (Å²) < 4.78 is 40.8. The van der Waals surface area contributed by atoms with Gasteiger partial charge >= 0.3 is 6.18 Å². The highest BCUT2D eigenvalue weighted by atomic mass is 35.5. The Bertz CT molecular complexity index is 783. The minimum Gasteiger partial charge on any atom is -0.257 e. The smallest absolute Gasteiger partial charge is 0.257 e. The fraction of sp³-hybridized carbons (Fsp3) is 0.368. The summed E-state index contributed by atoms with van der Waals surface area (Å²) in [7, 11) is 0. The average molecular weight is 369 g/mol. The van der Waals surface area contributed by atoms with E-state index in [9.17, 15) is 13.2 Å². The first-order chi connectivity index (χ1) is 11.7. The number of aromatic nitrogens is 1. The molecule has 2 nitrogen and oxygen atoms in total. The number of halogens is 4. The molecule has 0 aliphatic heterocycles. The van der Waals surface area contributed by atoms with E-state index in [1.807, 2.05) is 13.8 Å². The second kappa shape index (κ2) is 7.56. The first kappa shape index (κ1) is 19.4. The summed E-state index contributed by atoms with van der Waals surface area (Å²) in [5.41, 5.74) is 1.15. The molecule has 1 unspecified atom stereocenters. The minimum atomic E-state index is -4.58. The van der Waals surface area contributed by atoms with E-state index in [1.165, 1.54) is 6.07 Å². The van der Waals surface area contributed by atoms with E-state index in [-0.39, 0.29) is 16.6 Å². The molecule has 134 valence electrons. The van der Waals surface area contributed by atoms with E-state index in [0.717, 1.165) is 6.42 Å². The summed E-state index contributed by atoms with van der Waals surface area (Å²) >= 11 is 6.02. The first-order valence-electron chi connectivity index (χ1n) is 8.03. The molecule has 0 N–H and O–H groups in total. The van der Waals surface area contributed by atoms with Gasteiger partial charge in [0.25, 0.3) is 0 Å². The molecule has 1 atom stereocenters. The van der Waals surface area contributed by atoms with E-state index in [4.69, 9.17) is 11.6 Å². The van der Waals surface area contributed by atoms with Crippen LogP contribution in [-0.2, 0) is 6.18 Å². The topological polar surface area (TPSA) is 25.2 Å². The third-order valence-corrected chi connectivity index (χ3v) is 4.64. The van der Waals surface area contributed by atoms with Gasteiger partial charge < -0.3 is 0 Å². The number of alkyl halides is 3. The Labute approximate surface area is 150 Å². The summed E-state index contributed by atoms with van der Waals surface area (Å²) in [5, 5.41) is -0.366. The van der Waals surface area contributed by atoms with Crippen LogP contribution in [0.2, 0.25) is 5.02 Å². The van der Waals surface area contributed by atoms with Gasteiger partial charge in [-0.15, -0.1) is 0 Å². The zero-order valence-electron chi connectivity index (χ0n) is 14.6. The summed E-state index contributed by atoms with van der Waals surface area (Å²) in [6.45, 7) is 7.28. The van der Waals surface area contributed by atoms with Crippen LogP contribution < -0.4 is 0 Å². The predicted molar refractivity (Wildman–Crippen MR) is 96.6 cm³/mol. The number of pyridine rings is 1. The molecule has 25 heavy (non-hydrogen) atoms. The normalized spacial score (nSPS) is 13.8. The van der Waals surface area contributed by atoms with Crippen LogP contribution in [0.1, 0.15) is 38.3 Å². The average Bonchev–Trinajstić information content (AvgIpc) is 2.56. The van der Waals surface area contributed by atoms with Crippen LogP contribution >= 0.6 is 11.6 Å². The van der Waals surface area contributed by atoms with Crippen LogP contribution in [0.25, 0.3) is 11.3 Å². The number of nitrogens with zero attached hydrogens (tertiary/aromatic N) is 2. The van der Waals surface area contributed by atoms with Gasteiger partial charge in [-0.05, 0) is 49.9 Å². The molecule has 0 saturated carbocycles. The number of hydrogen-bond acceptors (Lipinski definition) is 2. The maximum Gasteiger partial charge on any atom is 0.419 e. The lowest BCUT2D eigenvalue weighted by Crippen LogP contribution is -2.10. The third kappa shape index (κ3) is 4.21. The van der Waals surface area contributed by atoms with E-state index < -0.39 is 11.7 Å². The van der Waals surface area contributed by atoms with Crippen molar-refractivity contribution in [3.63, 3.8) is 0 Å². The van der Waals surface area contributed by atoms with Gasteiger partial charge in [0.05, 0.1) is 16.4 Å². The molecule has 2 aromatic rings. The number of aliphatic imine (C=N–C) groups is 1. The van der Waals surface area contributed by atoms with Gasteiger partial charge in [-0.3, -0.25) is 9.98 Å². The number of hydrogen-bond donors (Lipinski definition) is 0. The standard InChI is InChI=1S/C19H20ClF3N2/c1-5-11(2)13(4)25-18-12(3)14(16-8-6-7-9-24-16)10-15(20)17(18)19(21,22)23/h6-11H,5H2,1-4H3/b25-13-. The van der Waals surface area contributed by atoms with Gasteiger partial charge in [0.15, 0.2) is 0 Å². The molecular formula is C19H20ClF3N2. The predicted octanol–water partition coefficient (Wildman–Crippen LogP) is 6.87. The number of benzene rings is 1. The Balaban J connectivity index is 2.79. The molecule has 0 aliphatic rings. The van der Waals surface area contributed by atoms with Crippen molar-refractivity contribution in [2.24, 2.45) is 10.9 Å². The molecule has 0 aliphatic carbocycles. The lowest BCUT2D eigenvalue weighted by atomic mass is 9.97. The molecular weight excluding hydrogens is 349 g/mol. The molecule has 1 heterocycles. The second-order valence-corrected chi connectivity index (χ2v) is 6.44. The zero-order valence-corrected chi connectivity index (χ0v) is 15.3. The molecule has 0 radical (unpaired) electrons.